The molecule has 27 heavy (non-hydrogen) atoms. The Labute approximate surface area is 158 Å². The fourth-order valence-corrected chi connectivity index (χ4v) is 3.08. The molecule has 0 radical (unpaired) electrons. The zero-order valence-corrected chi connectivity index (χ0v) is 15.7. The number of nitrogens with zero attached hydrogens (tertiary/aromatic N) is 1. The van der Waals surface area contributed by atoms with Gasteiger partial charge in [-0.25, -0.2) is 0 Å². The molecule has 0 atom stereocenters. The standard InChI is InChI=1S/C21H25N3O3/c1-14-4-3-5-16(10-14)12-24-13-17(11-18(21(24)27)20(26)22-2)19(25)23-9-8-15-6-7-15/h3-5,10-11,13,15H,6-9,12H2,1-2H3,(H,22,26)(H,23,25). The highest BCUT2D eigenvalue weighted by Gasteiger charge is 2.21. The van der Waals surface area contributed by atoms with Gasteiger partial charge in [-0.05, 0) is 30.9 Å². The largest absolute Gasteiger partial charge is 0.355 e. The van der Waals surface area contributed by atoms with Crippen LogP contribution in [0.1, 0.15) is 51.1 Å². The van der Waals surface area contributed by atoms with Gasteiger partial charge in [-0.2, -0.15) is 0 Å². The van der Waals surface area contributed by atoms with Crippen LogP contribution in [0.25, 0.3) is 0 Å². The Morgan fingerprint density at radius 3 is 2.63 bits per heavy atom. The summed E-state index contributed by atoms with van der Waals surface area (Å²) < 4.78 is 1.43. The normalized spacial score (nSPS) is 13.3. The van der Waals surface area contributed by atoms with E-state index in [-0.39, 0.29) is 11.5 Å². The van der Waals surface area contributed by atoms with Crippen molar-refractivity contribution >= 4 is 11.8 Å². The molecule has 0 unspecified atom stereocenters. The molecule has 0 bridgehead atoms. The van der Waals surface area contributed by atoms with Gasteiger partial charge in [0, 0.05) is 19.8 Å². The Kier molecular flexibility index (Phi) is 5.74. The molecular weight excluding hydrogens is 342 g/mol. The summed E-state index contributed by atoms with van der Waals surface area (Å²) in [4.78, 5) is 37.4. The molecule has 3 rings (SSSR count). The second-order valence-corrected chi connectivity index (χ2v) is 7.13. The van der Waals surface area contributed by atoms with Gasteiger partial charge in [-0.3, -0.25) is 14.4 Å². The zero-order chi connectivity index (χ0) is 19.4. The van der Waals surface area contributed by atoms with E-state index in [4.69, 9.17) is 0 Å². The topological polar surface area (TPSA) is 80.2 Å². The third kappa shape index (κ3) is 4.84. The Bertz CT molecular complexity index is 913. The highest BCUT2D eigenvalue weighted by molar-refractivity contribution is 5.99. The summed E-state index contributed by atoms with van der Waals surface area (Å²) in [5, 5.41) is 5.36. The van der Waals surface area contributed by atoms with Crippen LogP contribution in [0, 0.1) is 12.8 Å². The lowest BCUT2D eigenvalue weighted by Crippen LogP contribution is -2.34. The van der Waals surface area contributed by atoms with Crippen LogP contribution in [-0.2, 0) is 6.54 Å². The monoisotopic (exact) mass is 367 g/mol. The molecule has 1 fully saturated rings. The van der Waals surface area contributed by atoms with Crippen molar-refractivity contribution in [1.82, 2.24) is 15.2 Å². The molecule has 2 N–H and O–H groups in total. The maximum Gasteiger partial charge on any atom is 0.263 e. The molecule has 1 aromatic carbocycles. The third-order valence-corrected chi connectivity index (χ3v) is 4.79. The predicted octanol–water partition coefficient (Wildman–Crippen LogP) is 2.09. The first-order valence-corrected chi connectivity index (χ1v) is 9.28. The average molecular weight is 367 g/mol. The van der Waals surface area contributed by atoms with Gasteiger partial charge in [0.1, 0.15) is 5.56 Å². The van der Waals surface area contributed by atoms with Crippen LogP contribution < -0.4 is 16.2 Å². The molecule has 0 aliphatic heterocycles. The van der Waals surface area contributed by atoms with Crippen LogP contribution >= 0.6 is 0 Å². The summed E-state index contributed by atoms with van der Waals surface area (Å²) in [6.07, 6.45) is 4.97. The predicted molar refractivity (Wildman–Crippen MR) is 104 cm³/mol. The van der Waals surface area contributed by atoms with Crippen LogP contribution in [-0.4, -0.2) is 30.0 Å². The van der Waals surface area contributed by atoms with E-state index >= 15 is 0 Å². The van der Waals surface area contributed by atoms with E-state index in [0.717, 1.165) is 23.5 Å². The molecule has 2 amide bonds. The van der Waals surface area contributed by atoms with Crippen molar-refractivity contribution in [2.45, 2.75) is 32.7 Å². The van der Waals surface area contributed by atoms with E-state index in [1.54, 1.807) is 0 Å². The van der Waals surface area contributed by atoms with Crippen LogP contribution in [0.4, 0.5) is 0 Å². The minimum absolute atomic E-state index is 0.0278. The number of rotatable bonds is 7. The van der Waals surface area contributed by atoms with Gasteiger partial charge < -0.3 is 15.2 Å². The SMILES string of the molecule is CNC(=O)c1cc(C(=O)NCCC2CC2)cn(Cc2cccc(C)c2)c1=O. The fourth-order valence-electron chi connectivity index (χ4n) is 3.08. The van der Waals surface area contributed by atoms with Gasteiger partial charge in [0.15, 0.2) is 0 Å². The molecule has 0 saturated heterocycles. The maximum absolute atomic E-state index is 12.7. The van der Waals surface area contributed by atoms with Gasteiger partial charge in [-0.15, -0.1) is 0 Å². The van der Waals surface area contributed by atoms with Crippen LogP contribution in [0.2, 0.25) is 0 Å². The molecule has 0 spiro atoms. The maximum atomic E-state index is 12.7. The molecule has 6 heteroatoms. The molecule has 1 saturated carbocycles. The fraction of sp³-hybridized carbons (Fsp3) is 0.381. The summed E-state index contributed by atoms with van der Waals surface area (Å²) >= 11 is 0. The summed E-state index contributed by atoms with van der Waals surface area (Å²) in [7, 11) is 1.47. The van der Waals surface area contributed by atoms with Crippen molar-refractivity contribution < 1.29 is 9.59 Å². The Morgan fingerprint density at radius 1 is 1.19 bits per heavy atom. The van der Waals surface area contributed by atoms with Gasteiger partial charge in [0.25, 0.3) is 17.4 Å². The molecule has 6 nitrogen and oxygen atoms in total. The van der Waals surface area contributed by atoms with Gasteiger partial charge in [0.2, 0.25) is 0 Å². The smallest absolute Gasteiger partial charge is 0.263 e. The van der Waals surface area contributed by atoms with Crippen LogP contribution in [0.15, 0.2) is 41.3 Å². The van der Waals surface area contributed by atoms with Gasteiger partial charge in [0.05, 0.1) is 12.1 Å². The second kappa shape index (κ2) is 8.20. The average Bonchev–Trinajstić information content (AvgIpc) is 3.47. The minimum Gasteiger partial charge on any atom is -0.355 e. The highest BCUT2D eigenvalue weighted by atomic mass is 16.2. The minimum atomic E-state index is -0.495. The summed E-state index contributed by atoms with van der Waals surface area (Å²) in [6.45, 7) is 2.88. The highest BCUT2D eigenvalue weighted by Crippen LogP contribution is 2.31. The number of pyridine rings is 1. The van der Waals surface area contributed by atoms with Gasteiger partial charge in [-0.1, -0.05) is 42.7 Å². The lowest BCUT2D eigenvalue weighted by molar-refractivity contribution is 0.0952. The Morgan fingerprint density at radius 2 is 1.96 bits per heavy atom. The van der Waals surface area contributed by atoms with Crippen LogP contribution in [0.3, 0.4) is 0 Å². The summed E-state index contributed by atoms with van der Waals surface area (Å²) in [5.41, 5.74) is 1.90. The second-order valence-electron chi connectivity index (χ2n) is 7.13. The molecule has 1 aliphatic carbocycles. The van der Waals surface area contributed by atoms with Gasteiger partial charge >= 0.3 is 0 Å². The first-order chi connectivity index (χ1) is 13.0. The number of carbonyl (C=O) groups excluding carboxylic acids is 2. The van der Waals surface area contributed by atoms with Crippen molar-refractivity contribution in [3.8, 4) is 0 Å². The first-order valence-electron chi connectivity index (χ1n) is 9.28. The lowest BCUT2D eigenvalue weighted by atomic mass is 10.1. The van der Waals surface area contributed by atoms with E-state index in [9.17, 15) is 14.4 Å². The Hall–Kier alpha value is -2.89. The molecule has 142 valence electrons. The van der Waals surface area contributed by atoms with E-state index in [1.165, 1.54) is 36.7 Å². The van der Waals surface area contributed by atoms with Crippen molar-refractivity contribution in [3.63, 3.8) is 0 Å². The number of nitrogens with one attached hydrogen (secondary N) is 2. The number of benzene rings is 1. The van der Waals surface area contributed by atoms with E-state index < -0.39 is 11.5 Å². The van der Waals surface area contributed by atoms with E-state index in [1.807, 2.05) is 31.2 Å². The molecule has 1 aromatic heterocycles. The summed E-state index contributed by atoms with van der Waals surface area (Å²) in [6, 6.07) is 9.17. The number of aryl methyl sites for hydroxylation is 1. The number of aromatic nitrogens is 1. The number of hydrogen-bond donors (Lipinski definition) is 2. The van der Waals surface area contributed by atoms with E-state index in [0.29, 0.717) is 18.7 Å². The molecule has 1 aliphatic rings. The third-order valence-electron chi connectivity index (χ3n) is 4.79. The number of hydrogen-bond acceptors (Lipinski definition) is 3. The number of amides is 2. The zero-order valence-electron chi connectivity index (χ0n) is 15.7. The summed E-state index contributed by atoms with van der Waals surface area (Å²) in [5.74, 6) is -0.0357. The van der Waals surface area contributed by atoms with Crippen molar-refractivity contribution in [1.29, 1.82) is 0 Å². The van der Waals surface area contributed by atoms with E-state index in [2.05, 4.69) is 10.6 Å². The lowest BCUT2D eigenvalue weighted by Gasteiger charge is -2.12. The molecule has 2 aromatic rings. The first kappa shape index (κ1) is 18.9. The quantitative estimate of drug-likeness (QED) is 0.786. The van der Waals surface area contributed by atoms with Crippen molar-refractivity contribution in [2.24, 2.45) is 5.92 Å². The van der Waals surface area contributed by atoms with Crippen LogP contribution in [0.5, 0.6) is 0 Å². The molecular formula is C21H25N3O3. The number of carbonyl (C=O) groups is 2. The van der Waals surface area contributed by atoms with Crippen molar-refractivity contribution in [2.75, 3.05) is 13.6 Å². The van der Waals surface area contributed by atoms with Crippen molar-refractivity contribution in [3.05, 3.63) is 69.1 Å². The molecule has 1 heterocycles. The Balaban J connectivity index is 1.89.